The average Bonchev–Trinajstić information content (AvgIpc) is 3.99. The number of carbonyl (C=O) groups is 1. The number of benzene rings is 2. The summed E-state index contributed by atoms with van der Waals surface area (Å²) in [5, 5.41) is 22.0. The molecule has 2 amide bonds. The highest BCUT2D eigenvalue weighted by atomic mass is 32.2. The number of nitriles is 1. The van der Waals surface area contributed by atoms with E-state index < -0.39 is 10.0 Å². The summed E-state index contributed by atoms with van der Waals surface area (Å²) in [5.74, 6) is 2.61. The van der Waals surface area contributed by atoms with E-state index >= 15 is 0 Å². The maximum atomic E-state index is 13.8. The lowest BCUT2D eigenvalue weighted by atomic mass is 9.88. The zero-order valence-corrected chi connectivity index (χ0v) is 32.1. The van der Waals surface area contributed by atoms with Crippen LogP contribution in [0.4, 0.5) is 16.6 Å². The number of nitrogens with one attached hydrogen (secondary N) is 2. The molecule has 54 heavy (non-hydrogen) atoms. The fraction of sp³-hybridized carbons (Fsp3) is 0.525. The van der Waals surface area contributed by atoms with Gasteiger partial charge in [-0.1, -0.05) is 13.0 Å². The molecule has 2 aromatic carbocycles. The van der Waals surface area contributed by atoms with E-state index in [1.54, 1.807) is 27.4 Å². The van der Waals surface area contributed by atoms with Crippen LogP contribution >= 0.6 is 0 Å². The molecular formula is C40H50N10O3S. The van der Waals surface area contributed by atoms with Crippen molar-refractivity contribution in [2.75, 3.05) is 56.0 Å². The Bertz CT molecular complexity index is 2140. The third-order valence-electron chi connectivity index (χ3n) is 11.7. The molecule has 1 atom stereocenters. The lowest BCUT2D eigenvalue weighted by molar-refractivity contribution is 0.187. The van der Waals surface area contributed by atoms with E-state index in [2.05, 4.69) is 56.7 Å². The fourth-order valence-corrected chi connectivity index (χ4v) is 10.0. The van der Waals surface area contributed by atoms with Gasteiger partial charge in [0.15, 0.2) is 5.82 Å². The number of anilines is 2. The van der Waals surface area contributed by atoms with Gasteiger partial charge in [-0.25, -0.2) is 23.2 Å². The van der Waals surface area contributed by atoms with Crippen LogP contribution in [0, 0.1) is 17.2 Å². The highest BCUT2D eigenvalue weighted by molar-refractivity contribution is 7.89. The molecule has 3 saturated heterocycles. The molecule has 4 aromatic rings. The minimum absolute atomic E-state index is 0.0881. The van der Waals surface area contributed by atoms with Crippen LogP contribution in [0.1, 0.15) is 86.0 Å². The molecule has 1 unspecified atom stereocenters. The fourth-order valence-electron chi connectivity index (χ4n) is 8.49. The number of urea groups is 1. The van der Waals surface area contributed by atoms with Crippen molar-refractivity contribution in [3.63, 3.8) is 0 Å². The van der Waals surface area contributed by atoms with Crippen LogP contribution in [0.25, 0.3) is 10.9 Å². The van der Waals surface area contributed by atoms with E-state index in [0.717, 1.165) is 61.2 Å². The minimum atomic E-state index is -3.70. The van der Waals surface area contributed by atoms with Crippen LogP contribution in [-0.2, 0) is 23.5 Å². The first-order valence-corrected chi connectivity index (χ1v) is 21.0. The van der Waals surface area contributed by atoms with E-state index in [4.69, 9.17) is 5.10 Å². The number of amides is 2. The number of sulfonamides is 1. The third kappa shape index (κ3) is 7.67. The zero-order valence-electron chi connectivity index (χ0n) is 31.2. The molecule has 5 heterocycles. The smallest absolute Gasteiger partial charge is 0.323 e. The first-order valence-electron chi connectivity index (χ1n) is 19.5. The molecular weight excluding hydrogens is 701 g/mol. The quantitative estimate of drug-likeness (QED) is 0.207. The molecule has 4 fully saturated rings. The van der Waals surface area contributed by atoms with Gasteiger partial charge in [0.1, 0.15) is 0 Å². The van der Waals surface area contributed by atoms with Gasteiger partial charge in [-0.3, -0.25) is 9.58 Å². The summed E-state index contributed by atoms with van der Waals surface area (Å²) in [6.07, 6.45) is 11.2. The summed E-state index contributed by atoms with van der Waals surface area (Å²) in [4.78, 5) is 26.0. The van der Waals surface area contributed by atoms with Crippen molar-refractivity contribution < 1.29 is 13.2 Å². The van der Waals surface area contributed by atoms with Gasteiger partial charge >= 0.3 is 6.03 Å². The maximum Gasteiger partial charge on any atom is 0.323 e. The first-order chi connectivity index (χ1) is 26.2. The predicted molar refractivity (Wildman–Crippen MR) is 208 cm³/mol. The average molecular weight is 751 g/mol. The largest absolute Gasteiger partial charge is 0.351 e. The Morgan fingerprint density at radius 3 is 2.39 bits per heavy atom. The van der Waals surface area contributed by atoms with Crippen LogP contribution in [0.2, 0.25) is 0 Å². The number of piperidine rings is 2. The molecule has 13 nitrogen and oxygen atoms in total. The lowest BCUT2D eigenvalue weighted by Crippen LogP contribution is -2.46. The molecule has 1 saturated carbocycles. The Hall–Kier alpha value is -4.58. The highest BCUT2D eigenvalue weighted by Gasteiger charge is 2.31. The third-order valence-corrected chi connectivity index (χ3v) is 13.6. The van der Waals surface area contributed by atoms with Gasteiger partial charge in [0.05, 0.1) is 22.0 Å². The van der Waals surface area contributed by atoms with Crippen molar-refractivity contribution in [3.05, 3.63) is 71.0 Å². The summed E-state index contributed by atoms with van der Waals surface area (Å²) in [7, 11) is -1.76. The van der Waals surface area contributed by atoms with Crippen molar-refractivity contribution in [3.8, 4) is 6.07 Å². The molecule has 0 bridgehead atoms. The van der Waals surface area contributed by atoms with Gasteiger partial charge in [0.2, 0.25) is 16.0 Å². The summed E-state index contributed by atoms with van der Waals surface area (Å²) >= 11 is 0. The summed E-state index contributed by atoms with van der Waals surface area (Å²) in [6, 6.07) is 13.9. The van der Waals surface area contributed by atoms with E-state index in [9.17, 15) is 18.5 Å². The Morgan fingerprint density at radius 2 is 1.69 bits per heavy atom. The number of rotatable bonds is 11. The van der Waals surface area contributed by atoms with Crippen molar-refractivity contribution in [1.82, 2.24) is 34.3 Å². The normalized spacial score (nSPS) is 20.2. The van der Waals surface area contributed by atoms with Crippen molar-refractivity contribution >= 4 is 38.7 Å². The number of aryl methyl sites for hydroxylation is 1. The molecule has 4 aliphatic rings. The molecule has 2 N–H and O–H groups in total. The van der Waals surface area contributed by atoms with E-state index in [0.29, 0.717) is 68.8 Å². The number of carbonyl (C=O) groups excluding carboxylic acids is 1. The lowest BCUT2D eigenvalue weighted by Gasteiger charge is -2.34. The molecule has 2 aromatic heterocycles. The van der Waals surface area contributed by atoms with Crippen LogP contribution in [0.15, 0.2) is 53.7 Å². The molecule has 3 aliphatic heterocycles. The van der Waals surface area contributed by atoms with Crippen molar-refractivity contribution in [1.29, 1.82) is 5.26 Å². The molecule has 1 aliphatic carbocycles. The van der Waals surface area contributed by atoms with Gasteiger partial charge in [0, 0.05) is 63.6 Å². The van der Waals surface area contributed by atoms with E-state index in [-0.39, 0.29) is 22.9 Å². The summed E-state index contributed by atoms with van der Waals surface area (Å²) in [6.45, 7) is 7.21. The second-order valence-electron chi connectivity index (χ2n) is 15.7. The van der Waals surface area contributed by atoms with E-state index in [1.165, 1.54) is 24.0 Å². The topological polar surface area (TPSA) is 152 Å². The molecule has 8 rings (SSSR count). The van der Waals surface area contributed by atoms with Crippen molar-refractivity contribution in [2.24, 2.45) is 13.0 Å². The van der Waals surface area contributed by atoms with Gasteiger partial charge in [-0.15, -0.1) is 0 Å². The van der Waals surface area contributed by atoms with Gasteiger partial charge in [-0.05, 0) is 129 Å². The Kier molecular flexibility index (Phi) is 10.3. The number of nitrogens with zero attached hydrogens (tertiary/aromatic N) is 8. The van der Waals surface area contributed by atoms with Gasteiger partial charge in [0.25, 0.3) is 0 Å². The predicted octanol–water partition coefficient (Wildman–Crippen LogP) is 5.36. The first kappa shape index (κ1) is 36.4. The number of fused-ring (bicyclic) bond motifs is 1. The monoisotopic (exact) mass is 750 g/mol. The SMILES string of the molecule is CC(Cc1cc(S(=O)(=O)N2CCC(Nc3ncc(C4CC4)cn3)CC2)ccc1C#N)CN1CCC(c2ccc3c(N4CCCNC4=O)nn(C)c3c2)CC1. The Labute approximate surface area is 317 Å². The minimum Gasteiger partial charge on any atom is -0.351 e. The van der Waals surface area contributed by atoms with Crippen molar-refractivity contribution in [2.45, 2.75) is 81.1 Å². The Morgan fingerprint density at radius 1 is 0.944 bits per heavy atom. The molecule has 14 heteroatoms. The number of likely N-dealkylation sites (tertiary alicyclic amines) is 1. The zero-order chi connectivity index (χ0) is 37.4. The maximum absolute atomic E-state index is 13.8. The standard InChI is InChI=1S/C40H50N10O3S/c1-27(26-48-16-10-29(11-17-48)30-7-9-36-37(22-30)47(2)46-38(36)50-15-3-14-42-40(50)51)20-32-21-35(8-6-31(32)23-41)54(52,53)49-18-12-34(13-19-49)45-39-43-24-33(25-44-39)28-4-5-28/h6-9,21-22,24-25,27-29,34H,3-5,10-20,26H2,1-2H3,(H,42,51)(H,43,44,45). The van der Waals surface area contributed by atoms with Crippen LogP contribution in [-0.4, -0.2) is 95.3 Å². The summed E-state index contributed by atoms with van der Waals surface area (Å²) in [5.41, 5.74) is 4.85. The molecule has 0 radical (unpaired) electrons. The molecule has 284 valence electrons. The van der Waals surface area contributed by atoms with Gasteiger partial charge in [-0.2, -0.15) is 14.7 Å². The number of hydrogen-bond donors (Lipinski definition) is 2. The number of aromatic nitrogens is 4. The van der Waals surface area contributed by atoms with Crippen LogP contribution in [0.3, 0.4) is 0 Å². The van der Waals surface area contributed by atoms with Crippen LogP contribution in [0.5, 0.6) is 0 Å². The second kappa shape index (κ2) is 15.3. The van der Waals surface area contributed by atoms with E-state index in [1.807, 2.05) is 24.1 Å². The highest BCUT2D eigenvalue weighted by Crippen LogP contribution is 2.39. The second-order valence-corrected chi connectivity index (χ2v) is 17.7. The summed E-state index contributed by atoms with van der Waals surface area (Å²) < 4.78 is 31.1. The number of hydrogen-bond acceptors (Lipinski definition) is 9. The Balaban J connectivity index is 0.849. The van der Waals surface area contributed by atoms with Gasteiger partial charge < -0.3 is 15.5 Å². The van der Waals surface area contributed by atoms with Crippen LogP contribution < -0.4 is 15.5 Å². The molecule has 0 spiro atoms.